The molecule has 1 heterocycles. The molecule has 0 saturated carbocycles. The fourth-order valence-corrected chi connectivity index (χ4v) is 4.06. The number of aliphatic imine (C=N–C) groups is 1. The maximum atomic E-state index is 12.6. The van der Waals surface area contributed by atoms with E-state index < -0.39 is 0 Å². The lowest BCUT2D eigenvalue weighted by Gasteiger charge is -2.35. The largest absolute Gasteiger partial charge is 0.356 e. The molecule has 0 bridgehead atoms. The summed E-state index contributed by atoms with van der Waals surface area (Å²) in [7, 11) is 1.82. The van der Waals surface area contributed by atoms with E-state index in [1.54, 1.807) is 0 Å². The van der Waals surface area contributed by atoms with Crippen LogP contribution in [0, 0.1) is 11.3 Å². The van der Waals surface area contributed by atoms with Gasteiger partial charge in [0, 0.05) is 38.6 Å². The van der Waals surface area contributed by atoms with Crippen LogP contribution in [-0.2, 0) is 11.2 Å². The second kappa shape index (κ2) is 11.2. The second-order valence-corrected chi connectivity index (χ2v) is 9.01. The molecule has 29 heavy (non-hydrogen) atoms. The van der Waals surface area contributed by atoms with Gasteiger partial charge in [0.1, 0.15) is 0 Å². The van der Waals surface area contributed by atoms with E-state index in [0.29, 0.717) is 11.9 Å². The highest BCUT2D eigenvalue weighted by Crippen LogP contribution is 2.21. The summed E-state index contributed by atoms with van der Waals surface area (Å²) < 4.78 is 0. The molecule has 1 amide bonds. The van der Waals surface area contributed by atoms with Crippen molar-refractivity contribution < 1.29 is 4.79 Å². The third-order valence-corrected chi connectivity index (χ3v) is 5.97. The number of nitrogens with one attached hydrogen (secondary N) is 2. The van der Waals surface area contributed by atoms with E-state index in [2.05, 4.69) is 78.6 Å². The Bertz CT molecular complexity index is 644. The summed E-state index contributed by atoms with van der Waals surface area (Å²) in [6, 6.07) is 11.0. The Morgan fingerprint density at radius 2 is 1.79 bits per heavy atom. The number of hydrogen-bond acceptors (Lipinski definition) is 2. The molecule has 1 saturated heterocycles. The van der Waals surface area contributed by atoms with E-state index in [-0.39, 0.29) is 11.3 Å². The van der Waals surface area contributed by atoms with Gasteiger partial charge in [0.05, 0.1) is 0 Å². The average Bonchev–Trinajstić information content (AvgIpc) is 2.72. The first-order valence-electron chi connectivity index (χ1n) is 11.2. The van der Waals surface area contributed by atoms with Crippen LogP contribution in [0.4, 0.5) is 0 Å². The number of hydrogen-bond donors (Lipinski definition) is 2. The molecule has 5 heteroatoms. The molecule has 0 radical (unpaired) electrons. The van der Waals surface area contributed by atoms with Gasteiger partial charge in [-0.15, -0.1) is 0 Å². The monoisotopic (exact) mass is 400 g/mol. The molecular formula is C24H40N4O. The molecule has 0 spiro atoms. The van der Waals surface area contributed by atoms with Crippen LogP contribution < -0.4 is 10.6 Å². The van der Waals surface area contributed by atoms with Gasteiger partial charge in [-0.1, -0.05) is 58.0 Å². The third kappa shape index (κ3) is 7.37. The van der Waals surface area contributed by atoms with Crippen LogP contribution in [0.1, 0.15) is 58.9 Å². The normalized spacial score (nSPS) is 16.2. The van der Waals surface area contributed by atoms with Gasteiger partial charge in [-0.3, -0.25) is 9.79 Å². The number of nitrogens with zero attached hydrogens (tertiary/aromatic N) is 2. The number of likely N-dealkylation sites (tertiary alicyclic amines) is 1. The Labute approximate surface area is 177 Å². The smallest absolute Gasteiger partial charge is 0.225 e. The summed E-state index contributed by atoms with van der Waals surface area (Å²) in [5.41, 5.74) is 1.49. The van der Waals surface area contributed by atoms with Gasteiger partial charge in [-0.2, -0.15) is 0 Å². The van der Waals surface area contributed by atoms with Gasteiger partial charge >= 0.3 is 0 Å². The number of piperidine rings is 1. The Morgan fingerprint density at radius 3 is 2.34 bits per heavy atom. The molecule has 0 unspecified atom stereocenters. The SMILES string of the molecule is CCC(CC)C(=O)N1CCC(NC(=NC)NCC(C)(C)Cc2ccccc2)CC1. The summed E-state index contributed by atoms with van der Waals surface area (Å²) in [6.07, 6.45) is 4.83. The zero-order valence-electron chi connectivity index (χ0n) is 19.0. The minimum atomic E-state index is 0.129. The van der Waals surface area contributed by atoms with E-state index in [1.807, 2.05) is 7.05 Å². The minimum Gasteiger partial charge on any atom is -0.356 e. The predicted octanol–water partition coefficient (Wildman–Crippen LogP) is 3.85. The average molecular weight is 401 g/mol. The predicted molar refractivity (Wildman–Crippen MR) is 122 cm³/mol. The fourth-order valence-electron chi connectivity index (χ4n) is 4.06. The van der Waals surface area contributed by atoms with Crippen molar-refractivity contribution in [1.82, 2.24) is 15.5 Å². The molecule has 5 nitrogen and oxygen atoms in total. The molecule has 0 atom stereocenters. The van der Waals surface area contributed by atoms with Gasteiger partial charge < -0.3 is 15.5 Å². The second-order valence-electron chi connectivity index (χ2n) is 9.01. The number of guanidine groups is 1. The van der Waals surface area contributed by atoms with Gasteiger partial charge in [-0.05, 0) is 43.1 Å². The maximum Gasteiger partial charge on any atom is 0.225 e. The molecule has 1 fully saturated rings. The zero-order chi connectivity index (χ0) is 21.3. The number of rotatable bonds is 8. The summed E-state index contributed by atoms with van der Waals surface area (Å²) in [4.78, 5) is 19.0. The molecular weight excluding hydrogens is 360 g/mol. The highest BCUT2D eigenvalue weighted by Gasteiger charge is 2.27. The molecule has 1 aliphatic heterocycles. The van der Waals surface area contributed by atoms with Crippen molar-refractivity contribution in [3.63, 3.8) is 0 Å². The number of carbonyl (C=O) groups is 1. The molecule has 2 N–H and O–H groups in total. The Morgan fingerprint density at radius 1 is 1.17 bits per heavy atom. The van der Waals surface area contributed by atoms with Crippen LogP contribution >= 0.6 is 0 Å². The standard InChI is InChI=1S/C24H40N4O/c1-6-20(7-2)22(29)28-15-13-21(14-16-28)27-23(25-5)26-18-24(3,4)17-19-11-9-8-10-12-19/h8-12,20-21H,6-7,13-18H2,1-5H3,(H2,25,26,27). The van der Waals surface area contributed by atoms with Crippen LogP contribution in [0.5, 0.6) is 0 Å². The quantitative estimate of drug-likeness (QED) is 0.515. The molecule has 2 rings (SSSR count). The molecule has 1 aliphatic rings. The van der Waals surface area contributed by atoms with E-state index in [4.69, 9.17) is 0 Å². The highest BCUT2D eigenvalue weighted by molar-refractivity contribution is 5.80. The number of amides is 1. The van der Waals surface area contributed by atoms with Crippen molar-refractivity contribution in [3.05, 3.63) is 35.9 Å². The summed E-state index contributed by atoms with van der Waals surface area (Å²) >= 11 is 0. The first-order valence-corrected chi connectivity index (χ1v) is 11.2. The highest BCUT2D eigenvalue weighted by atomic mass is 16.2. The number of benzene rings is 1. The van der Waals surface area contributed by atoms with E-state index in [1.165, 1.54) is 5.56 Å². The molecule has 1 aromatic carbocycles. The Kier molecular flexibility index (Phi) is 8.99. The summed E-state index contributed by atoms with van der Waals surface area (Å²) in [6.45, 7) is 11.3. The van der Waals surface area contributed by atoms with Crippen molar-refractivity contribution in [2.45, 2.75) is 65.8 Å². The van der Waals surface area contributed by atoms with Crippen LogP contribution in [0.25, 0.3) is 0 Å². The van der Waals surface area contributed by atoms with Crippen LogP contribution in [0.15, 0.2) is 35.3 Å². The van der Waals surface area contributed by atoms with Crippen molar-refractivity contribution in [3.8, 4) is 0 Å². The van der Waals surface area contributed by atoms with Crippen molar-refractivity contribution in [2.75, 3.05) is 26.7 Å². The lowest BCUT2D eigenvalue weighted by Crippen LogP contribution is -2.51. The van der Waals surface area contributed by atoms with Crippen LogP contribution in [-0.4, -0.2) is 49.5 Å². The zero-order valence-corrected chi connectivity index (χ0v) is 19.0. The summed E-state index contributed by atoms with van der Waals surface area (Å²) in [5.74, 6) is 1.37. The Balaban J connectivity index is 1.78. The van der Waals surface area contributed by atoms with Crippen LogP contribution in [0.3, 0.4) is 0 Å². The summed E-state index contributed by atoms with van der Waals surface area (Å²) in [5, 5.41) is 7.07. The van der Waals surface area contributed by atoms with E-state index in [0.717, 1.165) is 57.7 Å². The van der Waals surface area contributed by atoms with Gasteiger partial charge in [-0.25, -0.2) is 0 Å². The molecule has 0 aromatic heterocycles. The van der Waals surface area contributed by atoms with Crippen molar-refractivity contribution in [2.24, 2.45) is 16.3 Å². The molecule has 162 valence electrons. The van der Waals surface area contributed by atoms with Crippen LogP contribution in [0.2, 0.25) is 0 Å². The minimum absolute atomic E-state index is 0.129. The lowest BCUT2D eigenvalue weighted by molar-refractivity contribution is -0.136. The third-order valence-electron chi connectivity index (χ3n) is 5.97. The van der Waals surface area contributed by atoms with Gasteiger partial charge in [0.15, 0.2) is 5.96 Å². The fraction of sp³-hybridized carbons (Fsp3) is 0.667. The Hall–Kier alpha value is -2.04. The first kappa shape index (κ1) is 23.2. The van der Waals surface area contributed by atoms with Gasteiger partial charge in [0.25, 0.3) is 0 Å². The maximum absolute atomic E-state index is 12.6. The van der Waals surface area contributed by atoms with E-state index >= 15 is 0 Å². The van der Waals surface area contributed by atoms with E-state index in [9.17, 15) is 4.79 Å². The van der Waals surface area contributed by atoms with Gasteiger partial charge in [0.2, 0.25) is 5.91 Å². The van der Waals surface area contributed by atoms with Crippen molar-refractivity contribution >= 4 is 11.9 Å². The number of carbonyl (C=O) groups excluding carboxylic acids is 1. The topological polar surface area (TPSA) is 56.7 Å². The molecule has 1 aromatic rings. The lowest BCUT2D eigenvalue weighted by atomic mass is 9.86. The molecule has 0 aliphatic carbocycles. The first-order chi connectivity index (χ1) is 13.9. The van der Waals surface area contributed by atoms with Crippen molar-refractivity contribution in [1.29, 1.82) is 0 Å².